The second kappa shape index (κ2) is 10.6. The molecular formula is C24H24F2N4O4. The molecule has 0 aliphatic carbocycles. The maximum Gasteiger partial charge on any atom is 0.420 e. The van der Waals surface area contributed by atoms with E-state index >= 15 is 0 Å². The smallest absolute Gasteiger partial charge is 0.408 e. The van der Waals surface area contributed by atoms with E-state index < -0.39 is 30.9 Å². The van der Waals surface area contributed by atoms with Gasteiger partial charge in [-0.15, -0.1) is 0 Å². The van der Waals surface area contributed by atoms with Crippen LogP contribution in [0.25, 0.3) is 22.2 Å². The summed E-state index contributed by atoms with van der Waals surface area (Å²) in [5.74, 6) is -1.17. The molecule has 2 aromatic carbocycles. The van der Waals surface area contributed by atoms with Gasteiger partial charge in [-0.25, -0.2) is 13.6 Å². The number of nitriles is 1. The summed E-state index contributed by atoms with van der Waals surface area (Å²) in [6.45, 7) is 0.903. The maximum atomic E-state index is 13.0. The molecule has 1 saturated heterocycles. The molecule has 1 aliphatic rings. The molecule has 2 atom stereocenters. The third-order valence-electron chi connectivity index (χ3n) is 5.62. The Hall–Kier alpha value is -3.55. The van der Waals surface area contributed by atoms with Crippen LogP contribution in [0.3, 0.4) is 0 Å². The highest BCUT2D eigenvalue weighted by atomic mass is 19.3. The average molecular weight is 470 g/mol. The van der Waals surface area contributed by atoms with Crippen LogP contribution in [-0.2, 0) is 22.5 Å². The first-order chi connectivity index (χ1) is 16.5. The summed E-state index contributed by atoms with van der Waals surface area (Å²) < 4.78 is 37.6. The van der Waals surface area contributed by atoms with Crippen molar-refractivity contribution in [1.82, 2.24) is 15.2 Å². The minimum Gasteiger partial charge on any atom is -0.408 e. The Bertz CT molecular complexity index is 1240. The Kier molecular flexibility index (Phi) is 7.35. The number of carbonyl (C=O) groups is 1. The van der Waals surface area contributed by atoms with E-state index in [1.807, 2.05) is 0 Å². The minimum atomic E-state index is -2.70. The predicted molar refractivity (Wildman–Crippen MR) is 120 cm³/mol. The van der Waals surface area contributed by atoms with Crippen molar-refractivity contribution < 1.29 is 22.7 Å². The van der Waals surface area contributed by atoms with Crippen LogP contribution >= 0.6 is 0 Å². The van der Waals surface area contributed by atoms with Gasteiger partial charge in [0.1, 0.15) is 12.1 Å². The number of ether oxygens (including phenoxy) is 1. The number of carbonyl (C=O) groups excluding carboxylic acids is 1. The minimum absolute atomic E-state index is 0.231. The summed E-state index contributed by atoms with van der Waals surface area (Å²) in [6, 6.07) is 13.5. The van der Waals surface area contributed by atoms with E-state index in [1.165, 1.54) is 0 Å². The van der Waals surface area contributed by atoms with Crippen molar-refractivity contribution >= 4 is 17.0 Å². The number of nitrogens with one attached hydrogen (secondary N) is 2. The van der Waals surface area contributed by atoms with Gasteiger partial charge in [0.15, 0.2) is 5.58 Å². The summed E-state index contributed by atoms with van der Waals surface area (Å²) in [6.07, 6.45) is -2.23. The van der Waals surface area contributed by atoms with Crippen molar-refractivity contribution in [3.05, 3.63) is 58.6 Å². The Balaban J connectivity index is 1.51. The number of amides is 1. The van der Waals surface area contributed by atoms with Gasteiger partial charge in [-0.3, -0.25) is 9.36 Å². The Morgan fingerprint density at radius 3 is 2.79 bits per heavy atom. The van der Waals surface area contributed by atoms with Gasteiger partial charge >= 0.3 is 5.76 Å². The SMILES string of the molecule is N#C[C@H](Cc1ccc(-c2cccc3oc(=O)n(CC(F)F)c23)cc1)NC(=O)C1CNCCCO1. The lowest BCUT2D eigenvalue weighted by Crippen LogP contribution is -2.46. The second-order valence-electron chi connectivity index (χ2n) is 8.03. The lowest BCUT2D eigenvalue weighted by atomic mass is 10.00. The molecule has 0 bridgehead atoms. The van der Waals surface area contributed by atoms with Crippen molar-refractivity contribution in [2.24, 2.45) is 0 Å². The molecule has 1 aliphatic heterocycles. The van der Waals surface area contributed by atoms with Gasteiger partial charge in [-0.1, -0.05) is 36.4 Å². The normalized spacial score (nSPS) is 17.3. The number of oxazole rings is 1. The van der Waals surface area contributed by atoms with Crippen molar-refractivity contribution in [3.63, 3.8) is 0 Å². The lowest BCUT2D eigenvalue weighted by molar-refractivity contribution is -0.132. The largest absolute Gasteiger partial charge is 0.420 e. The molecule has 8 nitrogen and oxygen atoms in total. The summed E-state index contributed by atoms with van der Waals surface area (Å²) >= 11 is 0. The van der Waals surface area contributed by atoms with Crippen molar-refractivity contribution in [3.8, 4) is 17.2 Å². The number of alkyl halides is 2. The monoisotopic (exact) mass is 470 g/mol. The molecule has 178 valence electrons. The van der Waals surface area contributed by atoms with E-state index in [1.54, 1.807) is 42.5 Å². The van der Waals surface area contributed by atoms with Crippen LogP contribution in [0.15, 0.2) is 51.7 Å². The molecule has 10 heteroatoms. The first-order valence-corrected chi connectivity index (χ1v) is 11.0. The van der Waals surface area contributed by atoms with Gasteiger partial charge in [0.05, 0.1) is 18.1 Å². The van der Waals surface area contributed by atoms with Gasteiger partial charge < -0.3 is 19.8 Å². The summed E-state index contributed by atoms with van der Waals surface area (Å²) in [5, 5.41) is 15.4. The summed E-state index contributed by atoms with van der Waals surface area (Å²) in [7, 11) is 0. The molecule has 0 spiro atoms. The number of halogens is 2. The number of fused-ring (bicyclic) bond motifs is 1. The molecule has 1 aromatic heterocycles. The van der Waals surface area contributed by atoms with E-state index in [-0.39, 0.29) is 17.9 Å². The van der Waals surface area contributed by atoms with Gasteiger partial charge in [-0.05, 0) is 30.2 Å². The number of aromatic nitrogens is 1. The summed E-state index contributed by atoms with van der Waals surface area (Å²) in [4.78, 5) is 24.5. The van der Waals surface area contributed by atoms with E-state index in [0.29, 0.717) is 29.8 Å². The number of hydrogen-bond acceptors (Lipinski definition) is 6. The fraction of sp³-hybridized carbons (Fsp3) is 0.375. The number of rotatable bonds is 7. The van der Waals surface area contributed by atoms with E-state index in [4.69, 9.17) is 9.15 Å². The quantitative estimate of drug-likeness (QED) is 0.549. The molecule has 3 aromatic rings. The first-order valence-electron chi connectivity index (χ1n) is 11.0. The summed E-state index contributed by atoms with van der Waals surface area (Å²) in [5.41, 5.74) is 2.63. The Labute approximate surface area is 194 Å². The molecule has 2 heterocycles. The highest BCUT2D eigenvalue weighted by Gasteiger charge is 2.23. The number of nitrogens with zero attached hydrogens (tertiary/aromatic N) is 2. The third kappa shape index (κ3) is 5.32. The topological polar surface area (TPSA) is 109 Å². The maximum absolute atomic E-state index is 13.0. The molecule has 4 rings (SSSR count). The number of benzene rings is 2. The standard InChI is InChI=1S/C24H24F2N4O4/c25-21(26)14-30-22-18(3-1-4-19(22)34-24(30)32)16-7-5-15(6-8-16)11-17(12-27)29-23(31)20-13-28-9-2-10-33-20/h1,3-8,17,20-21,28H,2,9-11,13-14H2,(H,29,31)/t17-,20?/m0/s1. The van der Waals surface area contributed by atoms with Crippen molar-refractivity contribution in [1.29, 1.82) is 5.26 Å². The zero-order valence-corrected chi connectivity index (χ0v) is 18.3. The number of hydrogen-bond donors (Lipinski definition) is 2. The third-order valence-corrected chi connectivity index (χ3v) is 5.62. The van der Waals surface area contributed by atoms with Crippen LogP contribution in [0.4, 0.5) is 8.78 Å². The molecule has 0 saturated carbocycles. The van der Waals surface area contributed by atoms with Gasteiger partial charge in [0, 0.05) is 25.1 Å². The fourth-order valence-electron chi connectivity index (χ4n) is 3.99. The molecule has 34 heavy (non-hydrogen) atoms. The predicted octanol–water partition coefficient (Wildman–Crippen LogP) is 2.46. The molecule has 0 radical (unpaired) electrons. The van der Waals surface area contributed by atoms with Crippen LogP contribution in [0, 0.1) is 11.3 Å². The van der Waals surface area contributed by atoms with Crippen molar-refractivity contribution in [2.75, 3.05) is 19.7 Å². The van der Waals surface area contributed by atoms with Crippen LogP contribution in [-0.4, -0.2) is 48.7 Å². The molecule has 1 unspecified atom stereocenters. The van der Waals surface area contributed by atoms with Gasteiger partial charge in [0.2, 0.25) is 0 Å². The Morgan fingerprint density at radius 1 is 1.26 bits per heavy atom. The van der Waals surface area contributed by atoms with Crippen LogP contribution in [0.5, 0.6) is 0 Å². The molecule has 1 fully saturated rings. The molecule has 1 amide bonds. The van der Waals surface area contributed by atoms with E-state index in [9.17, 15) is 23.6 Å². The van der Waals surface area contributed by atoms with Gasteiger partial charge in [-0.2, -0.15) is 5.26 Å². The Morgan fingerprint density at radius 2 is 2.06 bits per heavy atom. The van der Waals surface area contributed by atoms with Crippen LogP contribution < -0.4 is 16.4 Å². The zero-order valence-electron chi connectivity index (χ0n) is 18.3. The fourth-order valence-corrected chi connectivity index (χ4v) is 3.99. The average Bonchev–Trinajstić information content (AvgIpc) is 2.99. The molecule has 2 N–H and O–H groups in total. The van der Waals surface area contributed by atoms with Crippen LogP contribution in [0.2, 0.25) is 0 Å². The van der Waals surface area contributed by atoms with Crippen molar-refractivity contribution in [2.45, 2.75) is 38.0 Å². The zero-order chi connectivity index (χ0) is 24.1. The highest BCUT2D eigenvalue weighted by Crippen LogP contribution is 2.29. The second-order valence-corrected chi connectivity index (χ2v) is 8.03. The van der Waals surface area contributed by atoms with Crippen LogP contribution in [0.1, 0.15) is 12.0 Å². The van der Waals surface area contributed by atoms with E-state index in [2.05, 4.69) is 16.7 Å². The lowest BCUT2D eigenvalue weighted by Gasteiger charge is -2.18. The first kappa shape index (κ1) is 23.6. The van der Waals surface area contributed by atoms with E-state index in [0.717, 1.165) is 23.1 Å². The highest BCUT2D eigenvalue weighted by molar-refractivity contribution is 5.91. The molecular weight excluding hydrogens is 446 g/mol. The number of para-hydroxylation sites is 1. The van der Waals surface area contributed by atoms with Gasteiger partial charge in [0.25, 0.3) is 12.3 Å².